The fourth-order valence-corrected chi connectivity index (χ4v) is 1.24. The Kier molecular flexibility index (Phi) is 3.40. The summed E-state index contributed by atoms with van der Waals surface area (Å²) in [5, 5.41) is 0. The Morgan fingerprint density at radius 3 is 2.42 bits per heavy atom. The Labute approximate surface area is 73.7 Å². The van der Waals surface area contributed by atoms with Gasteiger partial charge in [-0.2, -0.15) is 0 Å². The van der Waals surface area contributed by atoms with Crippen molar-refractivity contribution < 1.29 is 13.5 Å². The number of benzene rings is 1. The monoisotopic (exact) mass is 186 g/mol. The zero-order valence-corrected chi connectivity index (χ0v) is 7.50. The number of methoxy groups -OCH3 is 1. The van der Waals surface area contributed by atoms with Gasteiger partial charge in [0.15, 0.2) is 11.1 Å². The number of ether oxygens (including phenoxy) is 1. The van der Waals surface area contributed by atoms with Gasteiger partial charge in [0.05, 0.1) is 11.5 Å². The molecule has 1 unspecified atom stereocenters. The van der Waals surface area contributed by atoms with Gasteiger partial charge in [-0.3, -0.25) is 0 Å². The van der Waals surface area contributed by atoms with Crippen molar-refractivity contribution >= 4 is 11.1 Å². The van der Waals surface area contributed by atoms with Gasteiger partial charge in [0.2, 0.25) is 0 Å². The van der Waals surface area contributed by atoms with Gasteiger partial charge < -0.3 is 9.29 Å². The molecule has 12 heavy (non-hydrogen) atoms. The summed E-state index contributed by atoms with van der Waals surface area (Å²) in [6.45, 7) is 0.526. The minimum atomic E-state index is -1.88. The van der Waals surface area contributed by atoms with E-state index in [0.717, 1.165) is 5.56 Å². The van der Waals surface area contributed by atoms with E-state index in [1.165, 1.54) is 0 Å². The maximum atomic E-state index is 10.5. The van der Waals surface area contributed by atoms with Crippen LogP contribution in [0.15, 0.2) is 29.2 Å². The topological polar surface area (TPSA) is 46.5 Å². The minimum Gasteiger partial charge on any atom is -0.380 e. The van der Waals surface area contributed by atoms with Crippen LogP contribution in [-0.2, 0) is 22.4 Å². The molecule has 0 radical (unpaired) electrons. The smallest absolute Gasteiger partial charge is 0.186 e. The van der Waals surface area contributed by atoms with E-state index in [1.54, 1.807) is 31.4 Å². The van der Waals surface area contributed by atoms with Crippen molar-refractivity contribution in [2.24, 2.45) is 0 Å². The summed E-state index contributed by atoms with van der Waals surface area (Å²) in [6.07, 6.45) is 0. The van der Waals surface area contributed by atoms with Gasteiger partial charge in [-0.15, -0.1) is 0 Å². The highest BCUT2D eigenvalue weighted by molar-refractivity contribution is 7.79. The SMILES string of the molecule is COCc1ccc(S(=O)O)cc1. The van der Waals surface area contributed by atoms with E-state index in [-0.39, 0.29) is 0 Å². The maximum absolute atomic E-state index is 10.5. The van der Waals surface area contributed by atoms with Gasteiger partial charge in [-0.25, -0.2) is 4.21 Å². The molecule has 1 atom stereocenters. The van der Waals surface area contributed by atoms with Crippen LogP contribution in [0.1, 0.15) is 5.56 Å². The molecule has 0 aliphatic rings. The third-order valence-electron chi connectivity index (χ3n) is 1.44. The molecule has 0 amide bonds. The van der Waals surface area contributed by atoms with Crippen LogP contribution in [0, 0.1) is 0 Å². The van der Waals surface area contributed by atoms with Crippen LogP contribution in [0.2, 0.25) is 0 Å². The summed E-state index contributed by atoms with van der Waals surface area (Å²) < 4.78 is 24.1. The highest BCUT2D eigenvalue weighted by Crippen LogP contribution is 2.07. The fraction of sp³-hybridized carbons (Fsp3) is 0.250. The number of hydrogen-bond donors (Lipinski definition) is 1. The molecule has 66 valence electrons. The molecule has 1 aromatic rings. The van der Waals surface area contributed by atoms with Crippen LogP contribution in [0.3, 0.4) is 0 Å². The zero-order valence-electron chi connectivity index (χ0n) is 6.69. The average molecular weight is 186 g/mol. The molecule has 0 aliphatic carbocycles. The molecule has 1 rings (SSSR count). The lowest BCUT2D eigenvalue weighted by Crippen LogP contribution is -1.90. The second kappa shape index (κ2) is 4.35. The number of rotatable bonds is 3. The van der Waals surface area contributed by atoms with E-state index < -0.39 is 11.1 Å². The summed E-state index contributed by atoms with van der Waals surface area (Å²) in [5.74, 6) is 0. The van der Waals surface area contributed by atoms with Crippen molar-refractivity contribution in [1.29, 1.82) is 0 Å². The second-order valence-electron chi connectivity index (χ2n) is 2.33. The van der Waals surface area contributed by atoms with E-state index in [9.17, 15) is 4.21 Å². The van der Waals surface area contributed by atoms with E-state index >= 15 is 0 Å². The molecule has 0 fully saturated rings. The van der Waals surface area contributed by atoms with Crippen LogP contribution < -0.4 is 0 Å². The molecule has 0 heterocycles. The van der Waals surface area contributed by atoms with Crippen molar-refractivity contribution in [3.63, 3.8) is 0 Å². The third-order valence-corrected chi connectivity index (χ3v) is 2.11. The summed E-state index contributed by atoms with van der Waals surface area (Å²) in [7, 11) is 1.61. The van der Waals surface area contributed by atoms with Crippen LogP contribution in [0.25, 0.3) is 0 Å². The van der Waals surface area contributed by atoms with Crippen LogP contribution >= 0.6 is 0 Å². The highest BCUT2D eigenvalue weighted by atomic mass is 32.2. The van der Waals surface area contributed by atoms with E-state index in [2.05, 4.69) is 0 Å². The van der Waals surface area contributed by atoms with Gasteiger partial charge >= 0.3 is 0 Å². The van der Waals surface area contributed by atoms with Crippen molar-refractivity contribution in [2.45, 2.75) is 11.5 Å². The maximum Gasteiger partial charge on any atom is 0.186 e. The highest BCUT2D eigenvalue weighted by Gasteiger charge is 1.98. The lowest BCUT2D eigenvalue weighted by molar-refractivity contribution is 0.185. The normalized spacial score (nSPS) is 12.8. The third kappa shape index (κ3) is 2.41. The molecule has 0 saturated heterocycles. The molecule has 0 aromatic heterocycles. The molecule has 1 N–H and O–H groups in total. The Morgan fingerprint density at radius 2 is 2.00 bits per heavy atom. The predicted octanol–water partition coefficient (Wildman–Crippen LogP) is 1.41. The van der Waals surface area contributed by atoms with Crippen molar-refractivity contribution in [3.8, 4) is 0 Å². The van der Waals surface area contributed by atoms with Crippen LogP contribution in [0.4, 0.5) is 0 Å². The van der Waals surface area contributed by atoms with Crippen molar-refractivity contribution in [2.75, 3.05) is 7.11 Å². The molecule has 3 nitrogen and oxygen atoms in total. The largest absolute Gasteiger partial charge is 0.380 e. The first-order chi connectivity index (χ1) is 5.74. The molecule has 0 bridgehead atoms. The Morgan fingerprint density at radius 1 is 1.42 bits per heavy atom. The molecular weight excluding hydrogens is 176 g/mol. The summed E-state index contributed by atoms with van der Waals surface area (Å²) in [4.78, 5) is 0.412. The molecule has 1 aromatic carbocycles. The van der Waals surface area contributed by atoms with Gasteiger partial charge in [-0.05, 0) is 17.7 Å². The summed E-state index contributed by atoms with van der Waals surface area (Å²) >= 11 is -1.88. The Balaban J connectivity index is 2.78. The predicted molar refractivity (Wildman–Crippen MR) is 46.2 cm³/mol. The van der Waals surface area contributed by atoms with Gasteiger partial charge in [-0.1, -0.05) is 12.1 Å². The first kappa shape index (κ1) is 9.38. The summed E-state index contributed by atoms with van der Waals surface area (Å²) in [6, 6.07) is 6.77. The Bertz CT molecular complexity index is 268. The zero-order chi connectivity index (χ0) is 8.97. The van der Waals surface area contributed by atoms with E-state index in [1.807, 2.05) is 0 Å². The fourth-order valence-electron chi connectivity index (χ4n) is 0.869. The molecule has 0 saturated carbocycles. The molecule has 0 spiro atoms. The van der Waals surface area contributed by atoms with Crippen LogP contribution in [-0.4, -0.2) is 15.9 Å². The standard InChI is InChI=1S/C8H10O3S/c1-11-6-7-2-4-8(5-3-7)12(9)10/h2-5H,6H2,1H3,(H,9,10). The molecule has 0 aliphatic heterocycles. The molecule has 4 heteroatoms. The minimum absolute atomic E-state index is 0.412. The molecular formula is C8H10O3S. The van der Waals surface area contributed by atoms with Crippen molar-refractivity contribution in [3.05, 3.63) is 29.8 Å². The average Bonchev–Trinajstić information content (AvgIpc) is 2.06. The van der Waals surface area contributed by atoms with Gasteiger partial charge in [0.25, 0.3) is 0 Å². The van der Waals surface area contributed by atoms with Gasteiger partial charge in [0.1, 0.15) is 0 Å². The van der Waals surface area contributed by atoms with E-state index in [4.69, 9.17) is 9.29 Å². The van der Waals surface area contributed by atoms with Crippen LogP contribution in [0.5, 0.6) is 0 Å². The summed E-state index contributed by atoms with van der Waals surface area (Å²) in [5.41, 5.74) is 0.992. The Hall–Kier alpha value is -0.710. The second-order valence-corrected chi connectivity index (χ2v) is 3.30. The quantitative estimate of drug-likeness (QED) is 0.726. The first-order valence-electron chi connectivity index (χ1n) is 3.43. The van der Waals surface area contributed by atoms with Gasteiger partial charge in [0, 0.05) is 7.11 Å². The van der Waals surface area contributed by atoms with E-state index in [0.29, 0.717) is 11.5 Å². The lowest BCUT2D eigenvalue weighted by atomic mass is 10.2. The lowest BCUT2D eigenvalue weighted by Gasteiger charge is -1.99. The van der Waals surface area contributed by atoms with Crippen molar-refractivity contribution in [1.82, 2.24) is 0 Å². The number of hydrogen-bond acceptors (Lipinski definition) is 2. The first-order valence-corrected chi connectivity index (χ1v) is 4.53.